The molecule has 0 radical (unpaired) electrons. The highest BCUT2D eigenvalue weighted by atomic mass is 35.5. The number of rotatable bonds is 8. The average molecular weight is 437 g/mol. The van der Waals surface area contributed by atoms with Crippen LogP contribution in [-0.2, 0) is 11.3 Å². The summed E-state index contributed by atoms with van der Waals surface area (Å²) in [7, 11) is 0. The first-order chi connectivity index (χ1) is 14.0. The molecule has 2 rings (SSSR count). The van der Waals surface area contributed by atoms with Crippen LogP contribution in [0.4, 0.5) is 11.5 Å². The van der Waals surface area contributed by atoms with Gasteiger partial charge in [0.1, 0.15) is 11.6 Å². The molecule has 0 aliphatic rings. The van der Waals surface area contributed by atoms with Crippen LogP contribution < -0.4 is 26.6 Å². The fourth-order valence-electron chi connectivity index (χ4n) is 3.00. The number of anilines is 2. The van der Waals surface area contributed by atoms with Gasteiger partial charge in [0, 0.05) is 18.1 Å². The van der Waals surface area contributed by atoms with E-state index < -0.39 is 17.2 Å². The summed E-state index contributed by atoms with van der Waals surface area (Å²) >= 11 is 6.02. The van der Waals surface area contributed by atoms with Gasteiger partial charge < -0.3 is 15.4 Å². The molecule has 1 amide bonds. The quantitative estimate of drug-likeness (QED) is 0.661. The number of nitrogens with two attached hydrogens (primary N) is 1. The van der Waals surface area contributed by atoms with Crippen molar-refractivity contribution in [1.82, 2.24) is 9.55 Å². The van der Waals surface area contributed by atoms with Crippen molar-refractivity contribution in [2.24, 2.45) is 11.8 Å². The molecule has 30 heavy (non-hydrogen) atoms. The number of aryl methyl sites for hydroxylation is 1. The fraction of sp³-hybridized carbons (Fsp3) is 0.476. The van der Waals surface area contributed by atoms with Gasteiger partial charge in [-0.2, -0.15) is 0 Å². The topological polar surface area (TPSA) is 110 Å². The third-order valence-corrected chi connectivity index (χ3v) is 4.80. The molecule has 1 heterocycles. The molecule has 0 fully saturated rings. The zero-order valence-electron chi connectivity index (χ0n) is 18.0. The number of nitrogens with zero attached hydrogens (tertiary/aromatic N) is 2. The summed E-state index contributed by atoms with van der Waals surface area (Å²) < 4.78 is 6.90. The zero-order valence-corrected chi connectivity index (χ0v) is 18.7. The van der Waals surface area contributed by atoms with Crippen molar-refractivity contribution in [3.8, 4) is 5.75 Å². The third kappa shape index (κ3) is 5.66. The Morgan fingerprint density at radius 2 is 1.90 bits per heavy atom. The number of carbonyl (C=O) groups is 1. The van der Waals surface area contributed by atoms with Gasteiger partial charge >= 0.3 is 5.69 Å². The summed E-state index contributed by atoms with van der Waals surface area (Å²) in [6, 6.07) is 5.08. The smallest absolute Gasteiger partial charge is 0.330 e. The van der Waals surface area contributed by atoms with Gasteiger partial charge in [-0.3, -0.25) is 19.1 Å². The lowest BCUT2D eigenvalue weighted by Gasteiger charge is -2.26. The molecule has 3 N–H and O–H groups in total. The number of benzene rings is 1. The monoisotopic (exact) mass is 436 g/mol. The molecular formula is C21H29ClN4O4. The van der Waals surface area contributed by atoms with Crippen molar-refractivity contribution in [2.75, 3.05) is 23.8 Å². The van der Waals surface area contributed by atoms with Crippen LogP contribution >= 0.6 is 11.6 Å². The van der Waals surface area contributed by atoms with Gasteiger partial charge in [-0.1, -0.05) is 39.3 Å². The van der Waals surface area contributed by atoms with Crippen LogP contribution in [0.15, 0.2) is 27.8 Å². The van der Waals surface area contributed by atoms with E-state index in [9.17, 15) is 14.4 Å². The number of halogens is 1. The molecule has 164 valence electrons. The predicted molar refractivity (Wildman–Crippen MR) is 119 cm³/mol. The van der Waals surface area contributed by atoms with E-state index in [1.807, 2.05) is 34.6 Å². The average Bonchev–Trinajstić information content (AvgIpc) is 2.64. The van der Waals surface area contributed by atoms with E-state index in [2.05, 4.69) is 4.98 Å². The van der Waals surface area contributed by atoms with Gasteiger partial charge in [0.05, 0.1) is 0 Å². The molecular weight excluding hydrogens is 408 g/mol. The Hall–Kier alpha value is -2.74. The first kappa shape index (κ1) is 23.5. The number of aromatic amines is 1. The minimum Gasteiger partial charge on any atom is -0.484 e. The minimum absolute atomic E-state index is 0.0335. The van der Waals surface area contributed by atoms with Crippen molar-refractivity contribution in [1.29, 1.82) is 0 Å². The van der Waals surface area contributed by atoms with Crippen molar-refractivity contribution >= 4 is 29.0 Å². The Balaban J connectivity index is 2.39. The van der Waals surface area contributed by atoms with E-state index in [0.717, 1.165) is 5.56 Å². The molecule has 0 saturated carbocycles. The lowest BCUT2D eigenvalue weighted by atomic mass is 10.2. The standard InChI is InChI=1S/C21H29ClN4O4/c1-12(2)9-25(17(27)11-30-15-6-7-16(22)14(5)8-15)18-19(23)26(10-13(3)4)21(29)24-20(18)28/h6-8,12-13H,9-11,23H2,1-5H3,(H,24,28,29). The summed E-state index contributed by atoms with van der Waals surface area (Å²) in [5.74, 6) is 0.184. The largest absolute Gasteiger partial charge is 0.484 e. The van der Waals surface area contributed by atoms with E-state index in [1.54, 1.807) is 18.2 Å². The first-order valence-electron chi connectivity index (χ1n) is 9.83. The van der Waals surface area contributed by atoms with Gasteiger partial charge in [-0.15, -0.1) is 0 Å². The molecule has 2 aromatic rings. The summed E-state index contributed by atoms with van der Waals surface area (Å²) in [4.78, 5) is 41.4. The Kier molecular flexibility index (Phi) is 7.72. The van der Waals surface area contributed by atoms with E-state index in [-0.39, 0.29) is 36.5 Å². The number of hydrogen-bond donors (Lipinski definition) is 2. The second-order valence-corrected chi connectivity index (χ2v) is 8.50. The van der Waals surface area contributed by atoms with Gasteiger partial charge in [0.2, 0.25) is 0 Å². The molecule has 0 aliphatic carbocycles. The van der Waals surface area contributed by atoms with Crippen LogP contribution in [0, 0.1) is 18.8 Å². The summed E-state index contributed by atoms with van der Waals surface area (Å²) in [5.41, 5.74) is 5.67. The SMILES string of the molecule is Cc1cc(OCC(=O)N(CC(C)C)c2c(N)n(CC(C)C)c(=O)[nH]c2=O)ccc1Cl. The maximum atomic E-state index is 13.0. The third-order valence-electron chi connectivity index (χ3n) is 4.37. The minimum atomic E-state index is -0.700. The van der Waals surface area contributed by atoms with E-state index in [0.29, 0.717) is 17.3 Å². The Labute approximate surface area is 180 Å². The Morgan fingerprint density at radius 1 is 1.23 bits per heavy atom. The van der Waals surface area contributed by atoms with Gasteiger partial charge in [0.25, 0.3) is 11.5 Å². The van der Waals surface area contributed by atoms with Crippen LogP contribution in [0.1, 0.15) is 33.3 Å². The molecule has 0 aliphatic heterocycles. The lowest BCUT2D eigenvalue weighted by Crippen LogP contribution is -2.44. The number of ether oxygens (including phenoxy) is 1. The number of nitrogens with one attached hydrogen (secondary N) is 1. The van der Waals surface area contributed by atoms with Gasteiger partial charge in [0.15, 0.2) is 12.3 Å². The maximum Gasteiger partial charge on any atom is 0.330 e. The molecule has 1 aromatic carbocycles. The van der Waals surface area contributed by atoms with Crippen LogP contribution in [-0.4, -0.2) is 28.6 Å². The molecule has 0 bridgehead atoms. The van der Waals surface area contributed by atoms with Crippen molar-refractivity contribution in [2.45, 2.75) is 41.2 Å². The maximum absolute atomic E-state index is 13.0. The molecule has 1 aromatic heterocycles. The first-order valence-corrected chi connectivity index (χ1v) is 10.2. The summed E-state index contributed by atoms with van der Waals surface area (Å²) in [6.07, 6.45) is 0. The normalized spacial score (nSPS) is 11.2. The van der Waals surface area contributed by atoms with Gasteiger partial charge in [-0.05, 0) is 42.5 Å². The van der Waals surface area contributed by atoms with E-state index >= 15 is 0 Å². The number of carbonyl (C=O) groups excluding carboxylic acids is 1. The molecule has 0 spiro atoms. The summed E-state index contributed by atoms with van der Waals surface area (Å²) in [6.45, 7) is 9.78. The number of H-pyrrole nitrogens is 1. The number of nitrogen functional groups attached to an aromatic ring is 1. The number of hydrogen-bond acceptors (Lipinski definition) is 5. The van der Waals surface area contributed by atoms with Crippen molar-refractivity contribution in [3.63, 3.8) is 0 Å². The van der Waals surface area contributed by atoms with Crippen LogP contribution in [0.25, 0.3) is 0 Å². The number of aromatic nitrogens is 2. The van der Waals surface area contributed by atoms with E-state index in [4.69, 9.17) is 22.1 Å². The summed E-state index contributed by atoms with van der Waals surface area (Å²) in [5, 5.41) is 0.599. The molecule has 9 heteroatoms. The van der Waals surface area contributed by atoms with Crippen molar-refractivity contribution in [3.05, 3.63) is 49.6 Å². The second kappa shape index (κ2) is 9.84. The highest BCUT2D eigenvalue weighted by Gasteiger charge is 2.25. The van der Waals surface area contributed by atoms with Crippen LogP contribution in [0.5, 0.6) is 5.75 Å². The van der Waals surface area contributed by atoms with Gasteiger partial charge in [-0.25, -0.2) is 4.79 Å². The number of amides is 1. The molecule has 0 unspecified atom stereocenters. The lowest BCUT2D eigenvalue weighted by molar-refractivity contribution is -0.120. The Morgan fingerprint density at radius 3 is 2.47 bits per heavy atom. The van der Waals surface area contributed by atoms with Crippen LogP contribution in [0.2, 0.25) is 5.02 Å². The highest BCUT2D eigenvalue weighted by molar-refractivity contribution is 6.31. The highest BCUT2D eigenvalue weighted by Crippen LogP contribution is 2.22. The zero-order chi connectivity index (χ0) is 22.6. The molecule has 8 nitrogen and oxygen atoms in total. The molecule has 0 atom stereocenters. The van der Waals surface area contributed by atoms with E-state index in [1.165, 1.54) is 9.47 Å². The predicted octanol–water partition coefficient (Wildman–Crippen LogP) is 2.80. The molecule has 0 saturated heterocycles. The Bertz CT molecular complexity index is 1030. The fourth-order valence-corrected chi connectivity index (χ4v) is 3.12. The second-order valence-electron chi connectivity index (χ2n) is 8.10. The van der Waals surface area contributed by atoms with Crippen LogP contribution in [0.3, 0.4) is 0 Å². The van der Waals surface area contributed by atoms with Crippen molar-refractivity contribution < 1.29 is 9.53 Å².